The molecule has 2 N–H and O–H groups in total. The number of imidazole rings is 1. The van der Waals surface area contributed by atoms with Gasteiger partial charge in [0.1, 0.15) is 11.3 Å². The average Bonchev–Trinajstić information content (AvgIpc) is 2.70. The minimum atomic E-state index is -0.371. The molecule has 1 amide bonds. The normalized spacial score (nSPS) is 12.8. The van der Waals surface area contributed by atoms with Crippen molar-refractivity contribution in [2.24, 2.45) is 5.73 Å². The van der Waals surface area contributed by atoms with E-state index in [4.69, 9.17) is 17.3 Å². The largest absolute Gasteiger partial charge is 0.370 e. The van der Waals surface area contributed by atoms with Crippen molar-refractivity contribution >= 4 is 28.5 Å². The molecule has 0 saturated heterocycles. The number of carbonyl (C=O) groups excluding carboxylic acids is 1. The van der Waals surface area contributed by atoms with Gasteiger partial charge in [-0.25, -0.2) is 9.37 Å². The van der Waals surface area contributed by atoms with Crippen LogP contribution in [0.2, 0.25) is 0 Å². The molecule has 0 spiro atoms. The molecule has 1 heterocycles. The summed E-state index contributed by atoms with van der Waals surface area (Å²) in [5, 5.41) is -0.333. The monoisotopic (exact) mass is 283 g/mol. The van der Waals surface area contributed by atoms with Gasteiger partial charge < -0.3 is 10.3 Å². The molecule has 0 aliphatic carbocycles. The number of benzene rings is 1. The van der Waals surface area contributed by atoms with E-state index in [1.54, 1.807) is 19.1 Å². The Hall–Kier alpha value is -1.62. The molecule has 6 heteroatoms. The van der Waals surface area contributed by atoms with E-state index >= 15 is 0 Å². The summed E-state index contributed by atoms with van der Waals surface area (Å²) in [6, 6.07) is 4.79. The summed E-state index contributed by atoms with van der Waals surface area (Å²) in [6.07, 6.45) is 0.860. The number of carbonyl (C=O) groups is 1. The van der Waals surface area contributed by atoms with Crippen LogP contribution in [-0.4, -0.2) is 15.5 Å². The third-order valence-electron chi connectivity index (χ3n) is 2.92. The minimum Gasteiger partial charge on any atom is -0.370 e. The minimum absolute atomic E-state index is 0.283. The van der Waals surface area contributed by atoms with Gasteiger partial charge in [0.2, 0.25) is 5.91 Å². The quantitative estimate of drug-likeness (QED) is 0.858. The Labute approximate surface area is 115 Å². The summed E-state index contributed by atoms with van der Waals surface area (Å²) in [5.41, 5.74) is 6.11. The van der Waals surface area contributed by atoms with Gasteiger partial charge in [-0.1, -0.05) is 6.07 Å². The van der Waals surface area contributed by atoms with Crippen LogP contribution in [0.15, 0.2) is 18.2 Å². The van der Waals surface area contributed by atoms with Crippen molar-refractivity contribution in [2.75, 3.05) is 0 Å². The highest BCUT2D eigenvalue weighted by Crippen LogP contribution is 2.26. The molecule has 4 nitrogen and oxygen atoms in total. The van der Waals surface area contributed by atoms with Gasteiger partial charge in [-0.15, -0.1) is 11.6 Å². The van der Waals surface area contributed by atoms with Gasteiger partial charge in [-0.2, -0.15) is 0 Å². The standard InChI is InChI=1S/C13H15ClFN3O/c1-8(14)13-17-12-9(15)4-2-5-10(12)18(13)7-3-6-11(16)19/h2,4-5,8H,3,6-7H2,1H3,(H2,16,19). The number of aryl methyl sites for hydroxylation is 1. The number of para-hydroxylation sites is 1. The Morgan fingerprint density at radius 1 is 1.58 bits per heavy atom. The number of nitrogens with two attached hydrogens (primary N) is 1. The number of hydrogen-bond donors (Lipinski definition) is 1. The molecular weight excluding hydrogens is 269 g/mol. The van der Waals surface area contributed by atoms with E-state index in [-0.39, 0.29) is 23.5 Å². The van der Waals surface area contributed by atoms with Crippen LogP contribution in [0.1, 0.15) is 31.0 Å². The number of amides is 1. The van der Waals surface area contributed by atoms with Crippen LogP contribution in [0, 0.1) is 5.82 Å². The highest BCUT2D eigenvalue weighted by atomic mass is 35.5. The summed E-state index contributed by atoms with van der Waals surface area (Å²) in [4.78, 5) is 15.0. The van der Waals surface area contributed by atoms with E-state index in [9.17, 15) is 9.18 Å². The Morgan fingerprint density at radius 2 is 2.32 bits per heavy atom. The number of aromatic nitrogens is 2. The van der Waals surface area contributed by atoms with Crippen LogP contribution < -0.4 is 5.73 Å². The molecule has 19 heavy (non-hydrogen) atoms. The SMILES string of the molecule is CC(Cl)c1nc2c(F)cccc2n1CCCC(N)=O. The van der Waals surface area contributed by atoms with Crippen LogP contribution in [0.25, 0.3) is 11.0 Å². The Balaban J connectivity index is 2.41. The van der Waals surface area contributed by atoms with Crippen molar-refractivity contribution in [1.29, 1.82) is 0 Å². The van der Waals surface area contributed by atoms with E-state index < -0.39 is 0 Å². The van der Waals surface area contributed by atoms with Crippen molar-refractivity contribution < 1.29 is 9.18 Å². The lowest BCUT2D eigenvalue weighted by Gasteiger charge is -2.09. The number of nitrogens with zero attached hydrogens (tertiary/aromatic N) is 2. The molecular formula is C13H15ClFN3O. The first kappa shape index (κ1) is 13.8. The zero-order valence-corrected chi connectivity index (χ0v) is 11.3. The molecule has 2 aromatic rings. The molecule has 2 rings (SSSR count). The Kier molecular flexibility index (Phi) is 4.04. The second-order valence-corrected chi connectivity index (χ2v) is 5.07. The second kappa shape index (κ2) is 5.57. The highest BCUT2D eigenvalue weighted by molar-refractivity contribution is 6.20. The van der Waals surface area contributed by atoms with Crippen molar-refractivity contribution in [3.63, 3.8) is 0 Å². The van der Waals surface area contributed by atoms with Crippen LogP contribution in [0.3, 0.4) is 0 Å². The van der Waals surface area contributed by atoms with Crippen molar-refractivity contribution in [3.8, 4) is 0 Å². The Bertz CT molecular complexity index is 609. The predicted octanol–water partition coefficient (Wildman–Crippen LogP) is 2.74. The van der Waals surface area contributed by atoms with Gasteiger partial charge in [-0.3, -0.25) is 4.79 Å². The summed E-state index contributed by atoms with van der Waals surface area (Å²) in [5.74, 6) is -0.118. The van der Waals surface area contributed by atoms with Gasteiger partial charge >= 0.3 is 0 Å². The predicted molar refractivity (Wildman–Crippen MR) is 72.4 cm³/mol. The first-order valence-corrected chi connectivity index (χ1v) is 6.51. The van der Waals surface area contributed by atoms with Crippen molar-refractivity contribution in [2.45, 2.75) is 31.7 Å². The first-order valence-electron chi connectivity index (χ1n) is 6.07. The van der Waals surface area contributed by atoms with Gasteiger partial charge in [0.25, 0.3) is 0 Å². The maximum atomic E-state index is 13.7. The van der Waals surface area contributed by atoms with Crippen LogP contribution >= 0.6 is 11.6 Å². The topological polar surface area (TPSA) is 60.9 Å². The van der Waals surface area contributed by atoms with Gasteiger partial charge in [0.15, 0.2) is 5.82 Å². The number of fused-ring (bicyclic) bond motifs is 1. The number of alkyl halides is 1. The van der Waals surface area contributed by atoms with Crippen LogP contribution in [0.5, 0.6) is 0 Å². The fraction of sp³-hybridized carbons (Fsp3) is 0.385. The van der Waals surface area contributed by atoms with E-state index in [1.165, 1.54) is 6.07 Å². The van der Waals surface area contributed by atoms with Crippen molar-refractivity contribution in [1.82, 2.24) is 9.55 Å². The lowest BCUT2D eigenvalue weighted by atomic mass is 10.2. The van der Waals surface area contributed by atoms with E-state index in [2.05, 4.69) is 4.98 Å². The molecule has 0 aliphatic heterocycles. The second-order valence-electron chi connectivity index (χ2n) is 4.42. The molecule has 1 unspecified atom stereocenters. The maximum absolute atomic E-state index is 13.7. The lowest BCUT2D eigenvalue weighted by molar-refractivity contribution is -0.118. The molecule has 0 saturated carbocycles. The summed E-state index contributed by atoms with van der Waals surface area (Å²) >= 11 is 6.08. The third-order valence-corrected chi connectivity index (χ3v) is 3.12. The average molecular weight is 284 g/mol. The van der Waals surface area contributed by atoms with E-state index in [0.717, 1.165) is 0 Å². The summed E-state index contributed by atoms with van der Waals surface area (Å²) < 4.78 is 15.5. The number of hydrogen-bond acceptors (Lipinski definition) is 2. The third kappa shape index (κ3) is 2.87. The zero-order valence-electron chi connectivity index (χ0n) is 10.6. The molecule has 102 valence electrons. The number of primary amides is 1. The molecule has 1 aromatic heterocycles. The van der Waals surface area contributed by atoms with Crippen LogP contribution in [0.4, 0.5) is 4.39 Å². The summed E-state index contributed by atoms with van der Waals surface area (Å²) in [7, 11) is 0. The van der Waals surface area contributed by atoms with E-state index in [0.29, 0.717) is 29.8 Å². The van der Waals surface area contributed by atoms with E-state index in [1.807, 2.05) is 4.57 Å². The molecule has 1 aromatic carbocycles. The van der Waals surface area contributed by atoms with Gasteiger partial charge in [0.05, 0.1) is 10.9 Å². The molecule has 1 atom stereocenters. The molecule has 0 fully saturated rings. The summed E-state index contributed by atoms with van der Waals surface area (Å²) in [6.45, 7) is 2.32. The fourth-order valence-corrected chi connectivity index (χ4v) is 2.25. The molecule has 0 bridgehead atoms. The maximum Gasteiger partial charge on any atom is 0.217 e. The van der Waals surface area contributed by atoms with Crippen LogP contribution in [-0.2, 0) is 11.3 Å². The van der Waals surface area contributed by atoms with Gasteiger partial charge in [0, 0.05) is 13.0 Å². The Morgan fingerprint density at radius 3 is 2.95 bits per heavy atom. The molecule has 0 radical (unpaired) electrons. The lowest BCUT2D eigenvalue weighted by Crippen LogP contribution is -2.12. The first-order chi connectivity index (χ1) is 9.00. The van der Waals surface area contributed by atoms with Gasteiger partial charge in [-0.05, 0) is 25.5 Å². The highest BCUT2D eigenvalue weighted by Gasteiger charge is 2.16. The molecule has 0 aliphatic rings. The zero-order chi connectivity index (χ0) is 14.0. The number of rotatable bonds is 5. The van der Waals surface area contributed by atoms with Crippen molar-refractivity contribution in [3.05, 3.63) is 29.8 Å². The smallest absolute Gasteiger partial charge is 0.217 e. The number of halogens is 2. The fourth-order valence-electron chi connectivity index (χ4n) is 2.08.